The number of phenolic OH excluding ortho intramolecular Hbond substituents is 1. The van der Waals surface area contributed by atoms with Crippen LogP contribution in [0.25, 0.3) is 0 Å². The van der Waals surface area contributed by atoms with Gasteiger partial charge < -0.3 is 122 Å². The molecular formula is C72H116N20O22S. The van der Waals surface area contributed by atoms with Gasteiger partial charge in [-0.25, -0.2) is 4.98 Å². The molecular weight excluding hydrogens is 1530 g/mol. The molecule has 13 atom stereocenters. The van der Waals surface area contributed by atoms with Crippen molar-refractivity contribution in [1.29, 1.82) is 0 Å². The number of aliphatic hydroxyl groups excluding tert-OH is 1. The third kappa shape index (κ3) is 38.4. The molecule has 0 radical (unpaired) electrons. The first-order valence-corrected chi connectivity index (χ1v) is 38.1. The number of aliphatic hydroxyl groups is 1. The van der Waals surface area contributed by atoms with Gasteiger partial charge in [-0.05, 0) is 99.2 Å². The molecule has 0 spiro atoms. The summed E-state index contributed by atoms with van der Waals surface area (Å²) in [7, 11) is 0. The van der Waals surface area contributed by atoms with Crippen LogP contribution in [0.3, 0.4) is 0 Å². The van der Waals surface area contributed by atoms with Crippen LogP contribution < -0.4 is 91.6 Å². The summed E-state index contributed by atoms with van der Waals surface area (Å²) in [4.78, 5) is 240. The highest BCUT2D eigenvalue weighted by molar-refractivity contribution is 7.80. The standard InChI is InChI=1S/C72H116N20O22S/c1-34(2)23-47(85-59(102)39(11)81-63(106)46(19-21-55(98)99)84-70(113)57(37(7)8)91-69(112)49(25-36(5)6)88-67(110)51(27-41-28-76-33-80-41)86-60(103)43(73)31-93)65(108)89-50(26-40-14-16-42(94)17-15-40)66(109)87-48(24-35(3)4)68(111)92-58(38(9)10)71(114)90-52(32-115)62(105)78-29-53(95)82-45(18-20-54(96)97)64(107)83-44(13-12-22-77-72(74)75)61(104)79-30-56(100)101/h14-17,28,33-39,43-52,57-58,93-94,115H,12-13,18-27,29-32,73H2,1-11H3,(H,76,80)(H,78,105)(H,79,104)(H,81,106)(H,82,95)(H,83,107)(H,84,113)(H,85,102)(H,86,103)(H,87,109)(H,88,110)(H,89,108)(H,90,114)(H,91,112)(H,92,111)(H,96,97)(H,98,99)(H,100,101)(H4,74,75,77)/t39-,43-,44-,45-,46-,47-,48-,49-,50-,51-,52-,57-,58-/m0/s1. The second-order valence-electron chi connectivity index (χ2n) is 29.5. The number of nitrogens with two attached hydrogens (primary N) is 3. The van der Waals surface area contributed by atoms with Gasteiger partial charge in [0, 0.05) is 49.9 Å². The Hall–Kier alpha value is -11.2. The van der Waals surface area contributed by atoms with Crippen molar-refractivity contribution in [2.24, 2.45) is 51.8 Å². The van der Waals surface area contributed by atoms with Gasteiger partial charge in [-0.15, -0.1) is 0 Å². The summed E-state index contributed by atoms with van der Waals surface area (Å²) in [5.41, 5.74) is 17.2. The predicted molar refractivity (Wildman–Crippen MR) is 417 cm³/mol. The van der Waals surface area contributed by atoms with Gasteiger partial charge in [0.05, 0.1) is 19.5 Å². The number of thiol groups is 1. The Bertz CT molecular complexity index is 3660. The molecule has 0 fully saturated rings. The number of aromatic nitrogens is 2. The van der Waals surface area contributed by atoms with E-state index >= 15 is 0 Å². The topological polar surface area (TPSA) is 679 Å². The maximum absolute atomic E-state index is 14.7. The van der Waals surface area contributed by atoms with E-state index in [1.165, 1.54) is 43.7 Å². The number of aliphatic imine (C=N–C) groups is 1. The molecule has 2 aromatic rings. The Labute approximate surface area is 670 Å². The Morgan fingerprint density at radius 2 is 0.843 bits per heavy atom. The van der Waals surface area contributed by atoms with E-state index in [4.69, 9.17) is 22.3 Å². The third-order valence-corrected chi connectivity index (χ3v) is 17.6. The van der Waals surface area contributed by atoms with Crippen molar-refractivity contribution in [3.8, 4) is 5.75 Å². The van der Waals surface area contributed by atoms with Crippen LogP contribution in [-0.2, 0) is 94.3 Å². The molecule has 14 amide bonds. The summed E-state index contributed by atoms with van der Waals surface area (Å²) in [6, 6.07) is -13.5. The van der Waals surface area contributed by atoms with Gasteiger partial charge >= 0.3 is 17.9 Å². The lowest BCUT2D eigenvalue weighted by Crippen LogP contribution is -2.61. The van der Waals surface area contributed by atoms with Crippen molar-refractivity contribution in [3.63, 3.8) is 0 Å². The van der Waals surface area contributed by atoms with Crippen LogP contribution in [0.2, 0.25) is 0 Å². The number of carbonyl (C=O) groups is 17. The van der Waals surface area contributed by atoms with E-state index in [1.54, 1.807) is 69.2 Å². The number of hydrogen-bond acceptors (Lipinski definition) is 23. The van der Waals surface area contributed by atoms with Crippen LogP contribution in [0.15, 0.2) is 41.8 Å². The number of nitrogens with one attached hydrogen (secondary N) is 15. The minimum absolute atomic E-state index is 0.00184. The van der Waals surface area contributed by atoms with Crippen LogP contribution in [0.4, 0.5) is 0 Å². The molecule has 115 heavy (non-hydrogen) atoms. The van der Waals surface area contributed by atoms with Crippen molar-refractivity contribution >= 4 is 119 Å². The Morgan fingerprint density at radius 3 is 1.29 bits per heavy atom. The zero-order valence-corrected chi connectivity index (χ0v) is 67.3. The number of amides is 14. The molecule has 0 aliphatic rings. The number of aromatic hydroxyl groups is 1. The molecule has 642 valence electrons. The normalized spacial score (nSPS) is 14.6. The van der Waals surface area contributed by atoms with Crippen LogP contribution in [0, 0.1) is 29.6 Å². The van der Waals surface area contributed by atoms with Crippen molar-refractivity contribution in [2.45, 2.75) is 225 Å². The average molecular weight is 1650 g/mol. The Morgan fingerprint density at radius 1 is 0.452 bits per heavy atom. The number of rotatable bonds is 53. The first kappa shape index (κ1) is 99.8. The molecule has 1 aromatic carbocycles. The van der Waals surface area contributed by atoms with E-state index in [0.29, 0.717) is 11.3 Å². The molecule has 0 unspecified atom stereocenters. The molecule has 1 aromatic heterocycles. The van der Waals surface area contributed by atoms with Gasteiger partial charge in [-0.3, -0.25) is 86.5 Å². The van der Waals surface area contributed by atoms with Gasteiger partial charge in [0.2, 0.25) is 82.7 Å². The smallest absolute Gasteiger partial charge is 0.322 e. The van der Waals surface area contributed by atoms with Crippen molar-refractivity contribution in [2.75, 3.05) is 32.0 Å². The molecule has 0 aliphatic heterocycles. The van der Waals surface area contributed by atoms with Crippen molar-refractivity contribution in [1.82, 2.24) is 84.4 Å². The molecule has 26 N–H and O–H groups in total. The maximum atomic E-state index is 14.7. The van der Waals surface area contributed by atoms with E-state index in [-0.39, 0.29) is 81.0 Å². The van der Waals surface area contributed by atoms with E-state index in [2.05, 4.69) is 102 Å². The maximum Gasteiger partial charge on any atom is 0.322 e. The van der Waals surface area contributed by atoms with Gasteiger partial charge in [0.1, 0.15) is 90.8 Å². The van der Waals surface area contributed by atoms with E-state index in [9.17, 15) is 102 Å². The number of H-pyrrole nitrogens is 1. The number of carboxylic acid groups (broad SMARTS) is 3. The number of guanidine groups is 1. The number of hydrogen-bond donors (Lipinski definition) is 24. The van der Waals surface area contributed by atoms with Gasteiger partial charge in [-0.2, -0.15) is 12.6 Å². The molecule has 43 heteroatoms. The Kier molecular flexibility index (Phi) is 44.1. The van der Waals surface area contributed by atoms with Gasteiger partial charge in [0.25, 0.3) is 0 Å². The lowest BCUT2D eigenvalue weighted by Gasteiger charge is -2.29. The summed E-state index contributed by atoms with van der Waals surface area (Å²) in [5, 5.41) is 82.5. The number of nitrogens with zero attached hydrogens (tertiary/aromatic N) is 2. The number of carbonyl (C=O) groups excluding carboxylic acids is 14. The Balaban J connectivity index is 2.40. The van der Waals surface area contributed by atoms with E-state index in [1.807, 2.05) is 0 Å². The summed E-state index contributed by atoms with van der Waals surface area (Å²) in [6.07, 6.45) is -0.258. The summed E-state index contributed by atoms with van der Waals surface area (Å²) >= 11 is 4.20. The lowest BCUT2D eigenvalue weighted by molar-refractivity contribution is -0.139. The summed E-state index contributed by atoms with van der Waals surface area (Å²) < 4.78 is 0. The number of aliphatic carboxylic acids is 3. The highest BCUT2D eigenvalue weighted by Gasteiger charge is 2.39. The van der Waals surface area contributed by atoms with Crippen LogP contribution >= 0.6 is 12.6 Å². The fourth-order valence-corrected chi connectivity index (χ4v) is 11.4. The molecule has 0 saturated heterocycles. The molecule has 42 nitrogen and oxygen atoms in total. The fraction of sp³-hybridized carbons (Fsp3) is 0.625. The van der Waals surface area contributed by atoms with Crippen LogP contribution in [0.5, 0.6) is 5.75 Å². The van der Waals surface area contributed by atoms with Crippen molar-refractivity contribution < 1.29 is 107 Å². The number of aromatic amines is 1. The number of phenols is 1. The first-order valence-electron chi connectivity index (χ1n) is 37.5. The van der Waals surface area contributed by atoms with E-state index in [0.717, 1.165) is 0 Å². The van der Waals surface area contributed by atoms with Crippen LogP contribution in [-0.4, -0.2) is 253 Å². The predicted octanol–water partition coefficient (Wildman–Crippen LogP) is -5.46. The zero-order chi connectivity index (χ0) is 87.1. The van der Waals surface area contributed by atoms with Gasteiger partial charge in [-0.1, -0.05) is 81.4 Å². The summed E-state index contributed by atoms with van der Waals surface area (Å²) in [6.45, 7) is 15.4. The minimum Gasteiger partial charge on any atom is -0.508 e. The van der Waals surface area contributed by atoms with Crippen LogP contribution in [0.1, 0.15) is 145 Å². The number of imidazole rings is 1. The highest BCUT2D eigenvalue weighted by Crippen LogP contribution is 2.17. The fourth-order valence-electron chi connectivity index (χ4n) is 11.1. The third-order valence-electron chi connectivity index (χ3n) is 17.2. The molecule has 0 bridgehead atoms. The first-order chi connectivity index (χ1) is 53.9. The minimum atomic E-state index is -1.67. The number of benzene rings is 1. The lowest BCUT2D eigenvalue weighted by atomic mass is 9.98. The second-order valence-corrected chi connectivity index (χ2v) is 29.8. The monoisotopic (exact) mass is 1640 g/mol. The van der Waals surface area contributed by atoms with Crippen molar-refractivity contribution in [3.05, 3.63) is 48.0 Å². The summed E-state index contributed by atoms with van der Waals surface area (Å²) in [5.74, 6) is -20.6. The van der Waals surface area contributed by atoms with E-state index < -0.39 is 242 Å². The highest BCUT2D eigenvalue weighted by atomic mass is 32.1. The SMILES string of the molecule is CC(C)C[C@H](NC(=O)[C@H](C)NC(=O)[C@H](CCC(=O)O)NC(=O)[C@@H](NC(=O)[C@H](CC(C)C)NC(=O)[C@H](Cc1cnc[nH]1)NC(=O)[C@@H](N)CO)C(C)C)C(=O)N[C@@H](Cc1ccc(O)cc1)C(=O)N[C@@H](CC(C)C)C(=O)N[C@H](C(=O)N[C@@H](CS)C(=O)NCC(=O)N[C@@H](CCC(=O)O)C(=O)N[C@@H](CCCN=C(N)N)C(=O)NCC(=O)O)C(C)C. The molecule has 0 saturated carbocycles. The second kappa shape index (κ2) is 50.8. The largest absolute Gasteiger partial charge is 0.508 e. The molecule has 2 rings (SSSR count). The average Bonchev–Trinajstić information content (AvgIpc) is 1.73. The van der Waals surface area contributed by atoms with Gasteiger partial charge in [0.15, 0.2) is 5.96 Å². The molecule has 1 heterocycles. The zero-order valence-electron chi connectivity index (χ0n) is 66.4. The molecule has 0 aliphatic carbocycles. The number of carboxylic acids is 3. The quantitative estimate of drug-likeness (QED) is 0.0127.